The predicted molar refractivity (Wildman–Crippen MR) is 117 cm³/mol. The Hall–Kier alpha value is -1.85. The van der Waals surface area contributed by atoms with E-state index >= 15 is 0 Å². The van der Waals surface area contributed by atoms with Crippen molar-refractivity contribution < 1.29 is 4.79 Å². The van der Waals surface area contributed by atoms with Gasteiger partial charge in [0.25, 0.3) is 0 Å². The number of anilines is 2. The number of hydrogen-bond acceptors (Lipinski definition) is 3. The van der Waals surface area contributed by atoms with Gasteiger partial charge in [-0.3, -0.25) is 0 Å². The molecule has 0 aliphatic carbocycles. The number of amides is 2. The summed E-state index contributed by atoms with van der Waals surface area (Å²) in [7, 11) is 0. The van der Waals surface area contributed by atoms with Gasteiger partial charge in [0, 0.05) is 43.4 Å². The van der Waals surface area contributed by atoms with Gasteiger partial charge in [-0.25, -0.2) is 4.79 Å². The highest BCUT2D eigenvalue weighted by atomic mass is 35.5. The summed E-state index contributed by atoms with van der Waals surface area (Å²) in [5.41, 5.74) is 2.90. The minimum absolute atomic E-state index is 0.0982. The van der Waals surface area contributed by atoms with Crippen LogP contribution in [0.15, 0.2) is 48.5 Å². The number of thioether (sulfide) groups is 1. The predicted octanol–water partition coefficient (Wildman–Crippen LogP) is 5.34. The highest BCUT2D eigenvalue weighted by molar-refractivity contribution is 7.99. The Balaban J connectivity index is 1.67. The number of hydrogen-bond donors (Lipinski definition) is 1. The van der Waals surface area contributed by atoms with Gasteiger partial charge in [-0.05, 0) is 30.2 Å². The van der Waals surface area contributed by atoms with Crippen LogP contribution in [0.2, 0.25) is 5.02 Å². The number of nitrogens with zero attached hydrogens (tertiary/aromatic N) is 2. The molecule has 1 saturated heterocycles. The molecule has 3 rings (SSSR count). The molecule has 0 radical (unpaired) electrons. The molecule has 1 aliphatic heterocycles. The second-order valence-corrected chi connectivity index (χ2v) is 8.23. The number of nitrogens with one attached hydrogen (secondary N) is 1. The summed E-state index contributed by atoms with van der Waals surface area (Å²) in [5, 5.41) is 3.68. The number of halogens is 1. The largest absolute Gasteiger partial charge is 0.369 e. The maximum Gasteiger partial charge on any atom is 0.322 e. The summed E-state index contributed by atoms with van der Waals surface area (Å²) in [6.45, 7) is 5.40. The van der Waals surface area contributed by atoms with E-state index in [1.165, 1.54) is 0 Å². The molecular formula is C21H26ClN3OS. The minimum Gasteiger partial charge on any atom is -0.369 e. The van der Waals surface area contributed by atoms with Crippen LogP contribution < -0.4 is 10.2 Å². The van der Waals surface area contributed by atoms with Crippen LogP contribution in [0.4, 0.5) is 16.2 Å². The summed E-state index contributed by atoms with van der Waals surface area (Å²) >= 11 is 8.48. The third-order valence-electron chi connectivity index (χ3n) is 4.55. The first-order chi connectivity index (χ1) is 13.2. The Kier molecular flexibility index (Phi) is 7.30. The molecule has 0 atom stereocenters. The van der Waals surface area contributed by atoms with E-state index in [4.69, 9.17) is 11.6 Å². The molecule has 1 N–H and O–H groups in total. The van der Waals surface area contributed by atoms with Gasteiger partial charge < -0.3 is 15.1 Å². The fourth-order valence-electron chi connectivity index (χ4n) is 3.17. The Morgan fingerprint density at radius 3 is 2.59 bits per heavy atom. The van der Waals surface area contributed by atoms with Crippen LogP contribution in [-0.2, 0) is 6.54 Å². The number of carbonyl (C=O) groups excluding carboxylic acids is 1. The van der Waals surface area contributed by atoms with Crippen LogP contribution in [0.3, 0.4) is 0 Å². The Morgan fingerprint density at radius 1 is 1.19 bits per heavy atom. The molecule has 144 valence electrons. The van der Waals surface area contributed by atoms with E-state index in [1.54, 1.807) is 0 Å². The highest BCUT2D eigenvalue weighted by Gasteiger charge is 2.17. The molecule has 27 heavy (non-hydrogen) atoms. The number of urea groups is 1. The number of rotatable bonds is 6. The van der Waals surface area contributed by atoms with Crippen molar-refractivity contribution in [2.45, 2.75) is 19.9 Å². The van der Waals surface area contributed by atoms with Crippen molar-refractivity contribution in [1.82, 2.24) is 4.90 Å². The van der Waals surface area contributed by atoms with E-state index in [2.05, 4.69) is 17.1 Å². The maximum absolute atomic E-state index is 12.8. The van der Waals surface area contributed by atoms with Gasteiger partial charge in [-0.2, -0.15) is 11.8 Å². The first kappa shape index (κ1) is 19.9. The SMILES string of the molecule is CCCN(Cc1ccccc1)C(=O)Nc1ccc(N2CCSCC2)c(Cl)c1. The summed E-state index contributed by atoms with van der Waals surface area (Å²) in [5.74, 6) is 2.25. The number of benzene rings is 2. The molecule has 4 nitrogen and oxygen atoms in total. The van der Waals surface area contributed by atoms with Gasteiger partial charge in [0.2, 0.25) is 0 Å². The van der Waals surface area contributed by atoms with Crippen molar-refractivity contribution in [2.75, 3.05) is 41.4 Å². The lowest BCUT2D eigenvalue weighted by atomic mass is 10.2. The summed E-state index contributed by atoms with van der Waals surface area (Å²) in [6.07, 6.45) is 0.910. The molecule has 6 heteroatoms. The lowest BCUT2D eigenvalue weighted by molar-refractivity contribution is 0.209. The van der Waals surface area contributed by atoms with Gasteiger partial charge >= 0.3 is 6.03 Å². The zero-order valence-corrected chi connectivity index (χ0v) is 17.2. The Morgan fingerprint density at radius 2 is 1.93 bits per heavy atom. The van der Waals surface area contributed by atoms with E-state index in [0.717, 1.165) is 48.0 Å². The van der Waals surface area contributed by atoms with Gasteiger partial charge in [-0.15, -0.1) is 0 Å². The zero-order valence-electron chi connectivity index (χ0n) is 15.7. The second-order valence-electron chi connectivity index (χ2n) is 6.60. The van der Waals surface area contributed by atoms with Gasteiger partial charge in [-0.1, -0.05) is 48.9 Å². The van der Waals surface area contributed by atoms with Crippen molar-refractivity contribution in [3.63, 3.8) is 0 Å². The molecule has 0 aromatic heterocycles. The highest BCUT2D eigenvalue weighted by Crippen LogP contribution is 2.30. The van der Waals surface area contributed by atoms with Crippen LogP contribution in [-0.4, -0.2) is 42.1 Å². The van der Waals surface area contributed by atoms with Gasteiger partial charge in [0.15, 0.2) is 0 Å². The lowest BCUT2D eigenvalue weighted by Gasteiger charge is -2.29. The summed E-state index contributed by atoms with van der Waals surface area (Å²) in [6, 6.07) is 15.8. The quantitative estimate of drug-likeness (QED) is 0.707. The van der Waals surface area contributed by atoms with Crippen LogP contribution in [0.1, 0.15) is 18.9 Å². The molecule has 1 aliphatic rings. The average molecular weight is 404 g/mol. The maximum atomic E-state index is 12.8. The van der Waals surface area contributed by atoms with Crippen molar-refractivity contribution in [3.8, 4) is 0 Å². The molecule has 0 unspecified atom stereocenters. The van der Waals surface area contributed by atoms with E-state index in [1.807, 2.05) is 65.2 Å². The van der Waals surface area contributed by atoms with Crippen LogP contribution in [0, 0.1) is 0 Å². The molecule has 2 amide bonds. The topological polar surface area (TPSA) is 35.6 Å². The van der Waals surface area contributed by atoms with Crippen molar-refractivity contribution in [2.24, 2.45) is 0 Å². The molecule has 1 fully saturated rings. The third-order valence-corrected chi connectivity index (χ3v) is 5.79. The normalized spacial score (nSPS) is 14.1. The van der Waals surface area contributed by atoms with E-state index in [-0.39, 0.29) is 6.03 Å². The fourth-order valence-corrected chi connectivity index (χ4v) is 4.38. The molecule has 2 aromatic carbocycles. The first-order valence-corrected chi connectivity index (χ1v) is 10.9. The van der Waals surface area contributed by atoms with Crippen molar-refractivity contribution in [1.29, 1.82) is 0 Å². The second kappa shape index (κ2) is 9.90. The zero-order chi connectivity index (χ0) is 19.1. The van der Waals surface area contributed by atoms with E-state index < -0.39 is 0 Å². The van der Waals surface area contributed by atoms with Gasteiger partial charge in [0.1, 0.15) is 0 Å². The molecule has 0 saturated carbocycles. The molecule has 2 aromatic rings. The molecule has 0 spiro atoms. The van der Waals surface area contributed by atoms with Crippen LogP contribution in [0.5, 0.6) is 0 Å². The summed E-state index contributed by atoms with van der Waals surface area (Å²) < 4.78 is 0. The van der Waals surface area contributed by atoms with Crippen molar-refractivity contribution >= 4 is 40.8 Å². The van der Waals surface area contributed by atoms with Gasteiger partial charge in [0.05, 0.1) is 10.7 Å². The van der Waals surface area contributed by atoms with E-state index in [9.17, 15) is 4.79 Å². The Bertz CT molecular complexity index is 750. The minimum atomic E-state index is -0.0982. The molecular weight excluding hydrogens is 378 g/mol. The van der Waals surface area contributed by atoms with Crippen LogP contribution >= 0.6 is 23.4 Å². The fraction of sp³-hybridized carbons (Fsp3) is 0.381. The number of carbonyl (C=O) groups is 1. The molecule has 1 heterocycles. The summed E-state index contributed by atoms with van der Waals surface area (Å²) in [4.78, 5) is 16.9. The lowest BCUT2D eigenvalue weighted by Crippen LogP contribution is -2.35. The third kappa shape index (κ3) is 5.56. The average Bonchev–Trinajstić information content (AvgIpc) is 2.69. The standard InChI is InChI=1S/C21H26ClN3OS/c1-2-10-25(16-17-6-4-3-5-7-17)21(26)23-18-8-9-20(19(22)15-18)24-11-13-27-14-12-24/h3-9,15H,2,10-14,16H2,1H3,(H,23,26). The molecule has 0 bridgehead atoms. The smallest absolute Gasteiger partial charge is 0.322 e. The Labute approximate surface area is 170 Å². The van der Waals surface area contributed by atoms with Crippen LogP contribution in [0.25, 0.3) is 0 Å². The van der Waals surface area contributed by atoms with Crippen molar-refractivity contribution in [3.05, 3.63) is 59.1 Å². The monoisotopic (exact) mass is 403 g/mol. The van der Waals surface area contributed by atoms with E-state index in [0.29, 0.717) is 18.1 Å². The first-order valence-electron chi connectivity index (χ1n) is 9.39.